The maximum Gasteiger partial charge on any atom is 0.115 e. The van der Waals surface area contributed by atoms with Crippen LogP contribution in [0, 0.1) is 0 Å². The van der Waals surface area contributed by atoms with Crippen molar-refractivity contribution in [1.29, 1.82) is 0 Å². The average Bonchev–Trinajstić information content (AvgIpc) is 2.70. The summed E-state index contributed by atoms with van der Waals surface area (Å²) in [5.74, 6) is 0.740. The second-order valence-corrected chi connectivity index (χ2v) is 2.91. The zero-order valence-corrected chi connectivity index (χ0v) is 6.38. The van der Waals surface area contributed by atoms with Crippen LogP contribution in [0.5, 0.6) is 0 Å². The Morgan fingerprint density at radius 1 is 1.70 bits per heavy atom. The molecule has 0 spiro atoms. The van der Waals surface area contributed by atoms with Gasteiger partial charge in [0, 0.05) is 12.1 Å². The van der Waals surface area contributed by atoms with Gasteiger partial charge in [0.15, 0.2) is 0 Å². The molecule has 0 bridgehead atoms. The first-order chi connectivity index (χ1) is 4.90. The van der Waals surface area contributed by atoms with E-state index in [9.17, 15) is 0 Å². The summed E-state index contributed by atoms with van der Waals surface area (Å²) >= 11 is 5.57. The lowest BCUT2D eigenvalue weighted by atomic mass is 10.3. The highest BCUT2D eigenvalue weighted by atomic mass is 35.5. The maximum absolute atomic E-state index is 5.57. The third-order valence-corrected chi connectivity index (χ3v) is 2.02. The number of hydrogen-bond donors (Lipinski definition) is 0. The highest BCUT2D eigenvalue weighted by Gasteiger charge is 2.25. The summed E-state index contributed by atoms with van der Waals surface area (Å²) in [5.41, 5.74) is 1.21. The number of nitrogens with zero attached hydrogens (tertiary/aromatic N) is 2. The van der Waals surface area contributed by atoms with E-state index in [1.807, 2.05) is 6.20 Å². The van der Waals surface area contributed by atoms with Gasteiger partial charge in [-0.1, -0.05) is 0 Å². The van der Waals surface area contributed by atoms with E-state index in [0.717, 1.165) is 5.92 Å². The minimum absolute atomic E-state index is 0.465. The Hall–Kier alpha value is -0.500. The number of halogens is 1. The smallest absolute Gasteiger partial charge is 0.115 e. The van der Waals surface area contributed by atoms with Crippen LogP contribution < -0.4 is 0 Å². The third-order valence-electron chi connectivity index (χ3n) is 1.78. The molecule has 1 fully saturated rings. The summed E-state index contributed by atoms with van der Waals surface area (Å²) < 4.78 is 1.76. The van der Waals surface area contributed by atoms with Crippen molar-refractivity contribution in [3.05, 3.63) is 18.0 Å². The first-order valence-electron chi connectivity index (χ1n) is 3.49. The van der Waals surface area contributed by atoms with Crippen LogP contribution in [0.25, 0.3) is 0 Å². The van der Waals surface area contributed by atoms with Crippen LogP contribution in [0.3, 0.4) is 0 Å². The Morgan fingerprint density at radius 3 is 3.00 bits per heavy atom. The fourth-order valence-electron chi connectivity index (χ4n) is 1.04. The Morgan fingerprint density at radius 2 is 2.50 bits per heavy atom. The summed E-state index contributed by atoms with van der Waals surface area (Å²) in [5, 5.41) is 4.28. The minimum atomic E-state index is 0.465. The molecule has 0 unspecified atom stereocenters. The number of hydrogen-bond acceptors (Lipinski definition) is 1. The highest BCUT2D eigenvalue weighted by molar-refractivity contribution is 6.15. The van der Waals surface area contributed by atoms with Crippen molar-refractivity contribution in [3.63, 3.8) is 0 Å². The van der Waals surface area contributed by atoms with Gasteiger partial charge in [0.25, 0.3) is 0 Å². The lowest BCUT2D eigenvalue weighted by molar-refractivity contribution is 0.723. The number of alkyl halides is 1. The highest BCUT2D eigenvalue weighted by Crippen LogP contribution is 2.38. The van der Waals surface area contributed by atoms with Gasteiger partial charge in [-0.25, -0.2) is 0 Å². The van der Waals surface area contributed by atoms with Crippen molar-refractivity contribution in [2.75, 3.05) is 0 Å². The van der Waals surface area contributed by atoms with Gasteiger partial charge in [-0.2, -0.15) is 5.10 Å². The van der Waals surface area contributed by atoms with Crippen LogP contribution in [0.4, 0.5) is 0 Å². The van der Waals surface area contributed by atoms with E-state index in [1.54, 1.807) is 4.68 Å². The zero-order chi connectivity index (χ0) is 6.97. The van der Waals surface area contributed by atoms with Gasteiger partial charge in [-0.05, 0) is 18.9 Å². The van der Waals surface area contributed by atoms with E-state index in [1.165, 1.54) is 18.5 Å². The molecule has 54 valence electrons. The van der Waals surface area contributed by atoms with Gasteiger partial charge in [-0.15, -0.1) is 11.6 Å². The molecule has 0 aromatic carbocycles. The molecule has 1 saturated carbocycles. The van der Waals surface area contributed by atoms with E-state index < -0.39 is 0 Å². The predicted molar refractivity (Wildman–Crippen MR) is 40.1 cm³/mol. The van der Waals surface area contributed by atoms with E-state index >= 15 is 0 Å². The van der Waals surface area contributed by atoms with Gasteiger partial charge >= 0.3 is 0 Å². The molecule has 1 aliphatic carbocycles. The Balaban J connectivity index is 2.19. The fraction of sp³-hybridized carbons (Fsp3) is 0.571. The van der Waals surface area contributed by atoms with Crippen LogP contribution >= 0.6 is 11.6 Å². The molecule has 3 heteroatoms. The molecule has 0 radical (unpaired) electrons. The first kappa shape index (κ1) is 6.23. The van der Waals surface area contributed by atoms with Crippen LogP contribution in [0.2, 0.25) is 0 Å². The summed E-state index contributed by atoms with van der Waals surface area (Å²) in [4.78, 5) is 0. The summed E-state index contributed by atoms with van der Waals surface area (Å²) in [6.45, 7) is 0. The minimum Gasteiger partial charge on any atom is -0.258 e. The van der Waals surface area contributed by atoms with Gasteiger partial charge in [0.2, 0.25) is 0 Å². The fourth-order valence-corrected chi connectivity index (χ4v) is 1.17. The molecule has 0 N–H and O–H groups in total. The zero-order valence-electron chi connectivity index (χ0n) is 5.63. The monoisotopic (exact) mass is 156 g/mol. The molecular weight excluding hydrogens is 148 g/mol. The first-order valence-corrected chi connectivity index (χ1v) is 4.03. The molecule has 0 amide bonds. The van der Waals surface area contributed by atoms with E-state index in [4.69, 9.17) is 11.6 Å². The standard InChI is InChI=1S/C7H9ClN2/c8-5-10-4-3-7(9-10)6-1-2-6/h3-4,6H,1-2,5H2. The van der Waals surface area contributed by atoms with Crippen molar-refractivity contribution in [2.45, 2.75) is 24.8 Å². The van der Waals surface area contributed by atoms with Gasteiger partial charge < -0.3 is 0 Å². The van der Waals surface area contributed by atoms with Crippen LogP contribution in [-0.4, -0.2) is 9.78 Å². The number of rotatable bonds is 2. The average molecular weight is 157 g/mol. The van der Waals surface area contributed by atoms with Gasteiger partial charge in [-0.3, -0.25) is 4.68 Å². The van der Waals surface area contributed by atoms with Crippen molar-refractivity contribution < 1.29 is 0 Å². The maximum atomic E-state index is 5.57. The molecule has 1 heterocycles. The molecule has 0 atom stereocenters. The predicted octanol–water partition coefficient (Wildman–Crippen LogP) is 1.96. The molecule has 1 aromatic heterocycles. The van der Waals surface area contributed by atoms with Crippen molar-refractivity contribution >= 4 is 11.6 Å². The lowest BCUT2D eigenvalue weighted by Gasteiger charge is -1.89. The second-order valence-electron chi connectivity index (χ2n) is 2.67. The third kappa shape index (κ3) is 1.03. The van der Waals surface area contributed by atoms with Gasteiger partial charge in [0.1, 0.15) is 6.00 Å². The Labute approximate surface area is 64.8 Å². The SMILES string of the molecule is ClCn1ccc(C2CC2)n1. The van der Waals surface area contributed by atoms with E-state index in [2.05, 4.69) is 11.2 Å². The molecule has 0 saturated heterocycles. The van der Waals surface area contributed by atoms with Crippen molar-refractivity contribution in [2.24, 2.45) is 0 Å². The topological polar surface area (TPSA) is 17.8 Å². The lowest BCUT2D eigenvalue weighted by Crippen LogP contribution is -1.92. The molecule has 2 nitrogen and oxygen atoms in total. The van der Waals surface area contributed by atoms with Crippen LogP contribution in [0.1, 0.15) is 24.5 Å². The molecule has 10 heavy (non-hydrogen) atoms. The van der Waals surface area contributed by atoms with Crippen LogP contribution in [0.15, 0.2) is 12.3 Å². The second kappa shape index (κ2) is 2.27. The van der Waals surface area contributed by atoms with Crippen LogP contribution in [-0.2, 0) is 6.00 Å². The Bertz CT molecular complexity index is 227. The van der Waals surface area contributed by atoms with E-state index in [0.29, 0.717) is 6.00 Å². The summed E-state index contributed by atoms with van der Waals surface area (Å²) in [6.07, 6.45) is 4.54. The summed E-state index contributed by atoms with van der Waals surface area (Å²) in [6, 6.07) is 2.52. The molecule has 1 aliphatic rings. The number of aromatic nitrogens is 2. The quantitative estimate of drug-likeness (QED) is 0.599. The largest absolute Gasteiger partial charge is 0.258 e. The summed E-state index contributed by atoms with van der Waals surface area (Å²) in [7, 11) is 0. The van der Waals surface area contributed by atoms with Crippen molar-refractivity contribution in [3.8, 4) is 0 Å². The van der Waals surface area contributed by atoms with E-state index in [-0.39, 0.29) is 0 Å². The normalized spacial score (nSPS) is 17.7. The molecule has 2 rings (SSSR count). The molecule has 1 aromatic rings. The Kier molecular flexibility index (Phi) is 1.42. The van der Waals surface area contributed by atoms with Crippen molar-refractivity contribution in [1.82, 2.24) is 9.78 Å². The molecular formula is C7H9ClN2. The molecule has 0 aliphatic heterocycles. The van der Waals surface area contributed by atoms with Gasteiger partial charge in [0.05, 0.1) is 5.69 Å².